The molecule has 1 fully saturated rings. The molecule has 140 valence electrons. The van der Waals surface area contributed by atoms with Gasteiger partial charge in [-0.25, -0.2) is 4.98 Å². The lowest BCUT2D eigenvalue weighted by Gasteiger charge is -2.21. The molecule has 1 aliphatic heterocycles. The summed E-state index contributed by atoms with van der Waals surface area (Å²) in [6, 6.07) is 10.3. The number of aromatic nitrogens is 3. The molecule has 0 spiro atoms. The maximum absolute atomic E-state index is 5.83. The normalized spacial score (nSPS) is 19.2. The largest absolute Gasteiger partial charge is 0.493 e. The van der Waals surface area contributed by atoms with Crippen LogP contribution in [0.2, 0.25) is 0 Å². The second kappa shape index (κ2) is 7.80. The number of ether oxygens (including phenoxy) is 3. The Hall–Kier alpha value is -2.86. The van der Waals surface area contributed by atoms with Crippen LogP contribution in [0.4, 0.5) is 0 Å². The number of pyridine rings is 1. The fourth-order valence-electron chi connectivity index (χ4n) is 3.69. The summed E-state index contributed by atoms with van der Waals surface area (Å²) in [6.45, 7) is 1.43. The van der Waals surface area contributed by atoms with Gasteiger partial charge in [-0.1, -0.05) is 0 Å². The molecule has 6 heteroatoms. The molecule has 1 saturated heterocycles. The van der Waals surface area contributed by atoms with E-state index in [0.29, 0.717) is 24.0 Å². The molecule has 0 bridgehead atoms. The van der Waals surface area contributed by atoms with Crippen LogP contribution in [0.1, 0.15) is 11.6 Å². The first-order valence-corrected chi connectivity index (χ1v) is 9.02. The van der Waals surface area contributed by atoms with Gasteiger partial charge in [-0.2, -0.15) is 0 Å². The average molecular weight is 365 g/mol. The number of methoxy groups -OCH3 is 2. The third-order valence-electron chi connectivity index (χ3n) is 5.08. The van der Waals surface area contributed by atoms with E-state index in [9.17, 15) is 0 Å². The van der Waals surface area contributed by atoms with Crippen molar-refractivity contribution in [2.24, 2.45) is 5.92 Å². The van der Waals surface area contributed by atoms with E-state index in [1.54, 1.807) is 14.2 Å². The highest BCUT2D eigenvalue weighted by molar-refractivity contribution is 5.61. The molecular weight excluding hydrogens is 342 g/mol. The highest BCUT2D eigenvalue weighted by Crippen LogP contribution is 2.35. The van der Waals surface area contributed by atoms with Crippen LogP contribution < -0.4 is 9.47 Å². The van der Waals surface area contributed by atoms with E-state index in [1.807, 2.05) is 43.0 Å². The molecular formula is C21H23N3O3. The summed E-state index contributed by atoms with van der Waals surface area (Å²) in [6.07, 6.45) is 8.51. The van der Waals surface area contributed by atoms with Crippen molar-refractivity contribution in [2.45, 2.75) is 12.5 Å². The van der Waals surface area contributed by atoms with Gasteiger partial charge in [0.2, 0.25) is 0 Å². The average Bonchev–Trinajstić information content (AvgIpc) is 3.37. The number of nitrogens with zero attached hydrogens (tertiary/aromatic N) is 3. The van der Waals surface area contributed by atoms with Crippen molar-refractivity contribution in [3.63, 3.8) is 0 Å². The first-order valence-electron chi connectivity index (χ1n) is 9.02. The zero-order valence-corrected chi connectivity index (χ0v) is 15.5. The summed E-state index contributed by atoms with van der Waals surface area (Å²) in [4.78, 5) is 8.71. The zero-order chi connectivity index (χ0) is 18.6. The molecule has 1 aliphatic rings. The van der Waals surface area contributed by atoms with Gasteiger partial charge in [0.25, 0.3) is 0 Å². The van der Waals surface area contributed by atoms with Crippen LogP contribution in [0.5, 0.6) is 11.5 Å². The standard InChI is InChI=1S/C21H23N3O3/c1-25-19-4-3-16(12-20(19)26-2)21-23-9-10-24(21)18-14-27-13-17(18)11-15-5-7-22-8-6-15/h3-10,12,17-18H,11,13-14H2,1-2H3/t17-,18+/m0/s1. The van der Waals surface area contributed by atoms with Gasteiger partial charge in [-0.05, 0) is 42.3 Å². The smallest absolute Gasteiger partial charge is 0.161 e. The molecule has 0 amide bonds. The Morgan fingerprint density at radius 3 is 2.63 bits per heavy atom. The van der Waals surface area contributed by atoms with Gasteiger partial charge in [0.15, 0.2) is 11.5 Å². The van der Waals surface area contributed by atoms with Crippen molar-refractivity contribution in [1.29, 1.82) is 0 Å². The molecule has 0 radical (unpaired) electrons. The molecule has 0 saturated carbocycles. The monoisotopic (exact) mass is 365 g/mol. The molecule has 2 aromatic heterocycles. The van der Waals surface area contributed by atoms with Crippen LogP contribution in [0.25, 0.3) is 11.4 Å². The molecule has 0 aliphatic carbocycles. The fourth-order valence-corrected chi connectivity index (χ4v) is 3.69. The molecule has 6 nitrogen and oxygen atoms in total. The lowest BCUT2D eigenvalue weighted by atomic mass is 9.95. The molecule has 27 heavy (non-hydrogen) atoms. The van der Waals surface area contributed by atoms with Crippen molar-refractivity contribution in [2.75, 3.05) is 27.4 Å². The summed E-state index contributed by atoms with van der Waals surface area (Å²) < 4.78 is 18.8. The minimum Gasteiger partial charge on any atom is -0.493 e. The Balaban J connectivity index is 1.63. The van der Waals surface area contributed by atoms with Crippen LogP contribution in [-0.4, -0.2) is 42.0 Å². The summed E-state index contributed by atoms with van der Waals surface area (Å²) in [5.74, 6) is 2.70. The molecule has 3 heterocycles. The van der Waals surface area contributed by atoms with Gasteiger partial charge >= 0.3 is 0 Å². The number of benzene rings is 1. The molecule has 3 aromatic rings. The quantitative estimate of drug-likeness (QED) is 0.670. The van der Waals surface area contributed by atoms with Crippen LogP contribution in [-0.2, 0) is 11.2 Å². The summed E-state index contributed by atoms with van der Waals surface area (Å²) in [7, 11) is 3.28. The van der Waals surface area contributed by atoms with E-state index >= 15 is 0 Å². The van der Waals surface area contributed by atoms with Crippen LogP contribution in [0, 0.1) is 5.92 Å². The van der Waals surface area contributed by atoms with Gasteiger partial charge in [0.05, 0.1) is 33.5 Å². The van der Waals surface area contributed by atoms with E-state index in [-0.39, 0.29) is 6.04 Å². The van der Waals surface area contributed by atoms with Gasteiger partial charge < -0.3 is 18.8 Å². The Bertz CT molecular complexity index is 895. The Morgan fingerprint density at radius 1 is 1.04 bits per heavy atom. The topological polar surface area (TPSA) is 58.4 Å². The minimum atomic E-state index is 0.240. The molecule has 2 atom stereocenters. The Kier molecular flexibility index (Phi) is 5.07. The van der Waals surface area contributed by atoms with Crippen LogP contribution in [0.15, 0.2) is 55.1 Å². The maximum atomic E-state index is 5.83. The zero-order valence-electron chi connectivity index (χ0n) is 15.5. The van der Waals surface area contributed by atoms with E-state index in [1.165, 1.54) is 5.56 Å². The fraction of sp³-hybridized carbons (Fsp3) is 0.333. The lowest BCUT2D eigenvalue weighted by molar-refractivity contribution is 0.181. The number of hydrogen-bond acceptors (Lipinski definition) is 5. The van der Waals surface area contributed by atoms with E-state index < -0.39 is 0 Å². The Labute approximate surface area is 158 Å². The second-order valence-corrected chi connectivity index (χ2v) is 6.65. The number of rotatable bonds is 6. The second-order valence-electron chi connectivity index (χ2n) is 6.65. The van der Waals surface area contributed by atoms with Crippen molar-refractivity contribution in [3.8, 4) is 22.9 Å². The summed E-state index contributed by atoms with van der Waals surface area (Å²) in [5, 5.41) is 0. The van der Waals surface area contributed by atoms with Crippen molar-refractivity contribution in [1.82, 2.24) is 14.5 Å². The molecule has 4 rings (SSSR count). The summed E-state index contributed by atoms with van der Waals surface area (Å²) >= 11 is 0. The minimum absolute atomic E-state index is 0.240. The van der Waals surface area contributed by atoms with E-state index in [4.69, 9.17) is 14.2 Å². The van der Waals surface area contributed by atoms with Crippen LogP contribution >= 0.6 is 0 Å². The van der Waals surface area contributed by atoms with Crippen molar-refractivity contribution < 1.29 is 14.2 Å². The predicted octanol–water partition coefficient (Wildman–Crippen LogP) is 3.39. The van der Waals surface area contributed by atoms with Gasteiger partial charge in [0.1, 0.15) is 5.82 Å². The number of imidazole rings is 1. The van der Waals surface area contributed by atoms with Crippen molar-refractivity contribution >= 4 is 0 Å². The third kappa shape index (κ3) is 3.53. The number of hydrogen-bond donors (Lipinski definition) is 0. The van der Waals surface area contributed by atoms with Crippen molar-refractivity contribution in [3.05, 3.63) is 60.7 Å². The lowest BCUT2D eigenvalue weighted by Crippen LogP contribution is -2.20. The molecule has 1 aromatic carbocycles. The highest BCUT2D eigenvalue weighted by atomic mass is 16.5. The molecule has 0 unspecified atom stereocenters. The first-order chi connectivity index (χ1) is 13.3. The van der Waals surface area contributed by atoms with Gasteiger partial charge in [0, 0.05) is 36.3 Å². The predicted molar refractivity (Wildman–Crippen MR) is 102 cm³/mol. The third-order valence-corrected chi connectivity index (χ3v) is 5.08. The first kappa shape index (κ1) is 17.5. The Morgan fingerprint density at radius 2 is 1.85 bits per heavy atom. The van der Waals surface area contributed by atoms with E-state index in [0.717, 1.165) is 24.4 Å². The van der Waals surface area contributed by atoms with Gasteiger partial charge in [-0.15, -0.1) is 0 Å². The highest BCUT2D eigenvalue weighted by Gasteiger charge is 2.31. The maximum Gasteiger partial charge on any atom is 0.161 e. The van der Waals surface area contributed by atoms with Crippen LogP contribution in [0.3, 0.4) is 0 Å². The van der Waals surface area contributed by atoms with E-state index in [2.05, 4.69) is 26.7 Å². The van der Waals surface area contributed by atoms with Gasteiger partial charge in [-0.3, -0.25) is 4.98 Å². The summed E-state index contributed by atoms with van der Waals surface area (Å²) in [5.41, 5.74) is 2.27. The molecule has 0 N–H and O–H groups in total. The SMILES string of the molecule is COc1ccc(-c2nccn2[C@@H]2COC[C@@H]2Cc2ccncc2)cc1OC.